The van der Waals surface area contributed by atoms with E-state index in [1.54, 1.807) is 6.20 Å². The molecule has 3 aromatic rings. The second-order valence-corrected chi connectivity index (χ2v) is 6.23. The molecule has 0 aliphatic carbocycles. The molecule has 8 nitrogen and oxygen atoms in total. The molecular formula is C18H20N6O2. The van der Waals surface area contributed by atoms with Crippen LogP contribution < -0.4 is 5.32 Å². The fraction of sp³-hybridized carbons (Fsp3) is 0.333. The van der Waals surface area contributed by atoms with E-state index in [0.717, 1.165) is 36.9 Å². The van der Waals surface area contributed by atoms with Crippen LogP contribution in [-0.2, 0) is 0 Å². The normalized spacial score (nSPS) is 14.1. The number of hydrogen-bond acceptors (Lipinski definition) is 6. The fourth-order valence-corrected chi connectivity index (χ4v) is 3.21. The van der Waals surface area contributed by atoms with Gasteiger partial charge in [-0.25, -0.2) is 9.97 Å². The van der Waals surface area contributed by atoms with Crippen LogP contribution in [0.4, 0.5) is 5.82 Å². The molecule has 0 unspecified atom stereocenters. The van der Waals surface area contributed by atoms with Gasteiger partial charge in [0, 0.05) is 36.8 Å². The van der Waals surface area contributed by atoms with Crippen molar-refractivity contribution in [3.63, 3.8) is 0 Å². The number of likely N-dealkylation sites (tertiary alicyclic amines) is 1. The summed E-state index contributed by atoms with van der Waals surface area (Å²) in [6.07, 6.45) is 7.05. The van der Waals surface area contributed by atoms with Crippen molar-refractivity contribution in [2.75, 3.05) is 31.6 Å². The van der Waals surface area contributed by atoms with E-state index < -0.39 is 0 Å². The maximum absolute atomic E-state index is 12.6. The highest BCUT2D eigenvalue weighted by Crippen LogP contribution is 2.28. The number of amides is 1. The molecule has 26 heavy (non-hydrogen) atoms. The number of nitrogens with one attached hydrogen (secondary N) is 2. The van der Waals surface area contributed by atoms with Gasteiger partial charge >= 0.3 is 0 Å². The minimum Gasteiger partial charge on any atom is -0.395 e. The van der Waals surface area contributed by atoms with Crippen LogP contribution in [0.2, 0.25) is 0 Å². The molecule has 8 heteroatoms. The number of rotatable bonds is 5. The van der Waals surface area contributed by atoms with Gasteiger partial charge in [0.05, 0.1) is 24.7 Å². The fourth-order valence-electron chi connectivity index (χ4n) is 3.21. The Hall–Kier alpha value is -3.00. The molecule has 1 aliphatic heterocycles. The van der Waals surface area contributed by atoms with Crippen molar-refractivity contribution in [1.29, 1.82) is 0 Å². The SMILES string of the molecule is O=C(c1cncc(-c2cc(NCCO)nc3[nH]ccc23)n1)N1CCCC1. The molecule has 1 saturated heterocycles. The number of hydrogen-bond donors (Lipinski definition) is 3. The lowest BCUT2D eigenvalue weighted by Crippen LogP contribution is -2.28. The van der Waals surface area contributed by atoms with Crippen molar-refractivity contribution in [2.45, 2.75) is 12.8 Å². The second kappa shape index (κ2) is 7.09. The number of aromatic amines is 1. The van der Waals surface area contributed by atoms with E-state index in [9.17, 15) is 4.79 Å². The van der Waals surface area contributed by atoms with Crippen LogP contribution in [0.5, 0.6) is 0 Å². The molecule has 1 aliphatic rings. The van der Waals surface area contributed by atoms with E-state index in [2.05, 4.69) is 25.3 Å². The molecule has 4 heterocycles. The van der Waals surface area contributed by atoms with E-state index in [4.69, 9.17) is 5.11 Å². The smallest absolute Gasteiger partial charge is 0.274 e. The molecule has 0 spiro atoms. The Labute approximate surface area is 150 Å². The zero-order valence-electron chi connectivity index (χ0n) is 14.3. The molecule has 1 amide bonds. The average molecular weight is 352 g/mol. The lowest BCUT2D eigenvalue weighted by atomic mass is 10.1. The second-order valence-electron chi connectivity index (χ2n) is 6.23. The van der Waals surface area contributed by atoms with Crippen LogP contribution in [-0.4, -0.2) is 62.1 Å². The lowest BCUT2D eigenvalue weighted by molar-refractivity contribution is 0.0786. The van der Waals surface area contributed by atoms with Gasteiger partial charge in [0.1, 0.15) is 17.2 Å². The van der Waals surface area contributed by atoms with Gasteiger partial charge in [-0.05, 0) is 25.0 Å². The van der Waals surface area contributed by atoms with Crippen LogP contribution >= 0.6 is 0 Å². The summed E-state index contributed by atoms with van der Waals surface area (Å²) >= 11 is 0. The van der Waals surface area contributed by atoms with Crippen LogP contribution in [0.3, 0.4) is 0 Å². The third-order valence-corrected chi connectivity index (χ3v) is 4.47. The minimum absolute atomic E-state index is 0.0133. The Bertz CT molecular complexity index is 932. The van der Waals surface area contributed by atoms with E-state index in [1.165, 1.54) is 6.20 Å². The standard InChI is InChI=1S/C18H20N6O2/c25-8-5-20-16-9-13(12-3-4-21-17(12)23-16)14-10-19-11-15(22-14)18(26)24-6-1-2-7-24/h3-4,9-11,25H,1-2,5-8H2,(H2,20,21,23). The topological polar surface area (TPSA) is 107 Å². The van der Waals surface area contributed by atoms with Gasteiger partial charge in [0.15, 0.2) is 0 Å². The van der Waals surface area contributed by atoms with Gasteiger partial charge in [-0.3, -0.25) is 9.78 Å². The first-order chi connectivity index (χ1) is 12.8. The monoisotopic (exact) mass is 352 g/mol. The third kappa shape index (κ3) is 3.11. The number of H-pyrrole nitrogens is 1. The molecular weight excluding hydrogens is 332 g/mol. The summed E-state index contributed by atoms with van der Waals surface area (Å²) in [5.41, 5.74) is 2.52. The Kier molecular flexibility index (Phi) is 4.49. The quantitative estimate of drug-likeness (QED) is 0.645. The Morgan fingerprint density at radius 2 is 2.12 bits per heavy atom. The lowest BCUT2D eigenvalue weighted by Gasteiger charge is -2.15. The zero-order chi connectivity index (χ0) is 17.9. The highest BCUT2D eigenvalue weighted by Gasteiger charge is 2.21. The van der Waals surface area contributed by atoms with Gasteiger partial charge in [0.2, 0.25) is 0 Å². The Morgan fingerprint density at radius 3 is 2.92 bits per heavy atom. The van der Waals surface area contributed by atoms with E-state index >= 15 is 0 Å². The number of nitrogens with zero attached hydrogens (tertiary/aromatic N) is 4. The van der Waals surface area contributed by atoms with Crippen LogP contribution in [0.1, 0.15) is 23.3 Å². The molecule has 0 bridgehead atoms. The Balaban J connectivity index is 1.73. The number of anilines is 1. The van der Waals surface area contributed by atoms with Crippen LogP contribution in [0, 0.1) is 0 Å². The van der Waals surface area contributed by atoms with Crippen molar-refractivity contribution in [1.82, 2.24) is 24.8 Å². The van der Waals surface area contributed by atoms with Gasteiger partial charge in [-0.1, -0.05) is 0 Å². The van der Waals surface area contributed by atoms with Gasteiger partial charge in [-0.15, -0.1) is 0 Å². The van der Waals surface area contributed by atoms with E-state index in [-0.39, 0.29) is 12.5 Å². The number of aromatic nitrogens is 4. The summed E-state index contributed by atoms with van der Waals surface area (Å²) < 4.78 is 0. The third-order valence-electron chi connectivity index (χ3n) is 4.47. The van der Waals surface area contributed by atoms with Crippen molar-refractivity contribution >= 4 is 22.8 Å². The minimum atomic E-state index is -0.0742. The van der Waals surface area contributed by atoms with Crippen molar-refractivity contribution < 1.29 is 9.90 Å². The number of pyridine rings is 1. The summed E-state index contributed by atoms with van der Waals surface area (Å²) in [4.78, 5) is 30.8. The molecule has 134 valence electrons. The molecule has 0 atom stereocenters. The zero-order valence-corrected chi connectivity index (χ0v) is 14.3. The maximum Gasteiger partial charge on any atom is 0.274 e. The molecule has 0 aromatic carbocycles. The first kappa shape index (κ1) is 16.5. The van der Waals surface area contributed by atoms with E-state index in [1.807, 2.05) is 23.2 Å². The van der Waals surface area contributed by atoms with Gasteiger partial charge < -0.3 is 20.3 Å². The molecule has 3 N–H and O–H groups in total. The van der Waals surface area contributed by atoms with E-state index in [0.29, 0.717) is 29.4 Å². The maximum atomic E-state index is 12.6. The predicted molar refractivity (Wildman–Crippen MR) is 97.8 cm³/mol. The highest BCUT2D eigenvalue weighted by molar-refractivity contribution is 5.96. The van der Waals surface area contributed by atoms with Crippen LogP contribution in [0.25, 0.3) is 22.3 Å². The number of carbonyl (C=O) groups is 1. The number of aliphatic hydroxyl groups excluding tert-OH is 1. The summed E-state index contributed by atoms with van der Waals surface area (Å²) in [7, 11) is 0. The van der Waals surface area contributed by atoms with Crippen LogP contribution in [0.15, 0.2) is 30.7 Å². The molecule has 3 aromatic heterocycles. The number of aliphatic hydroxyl groups is 1. The molecule has 1 fully saturated rings. The summed E-state index contributed by atoms with van der Waals surface area (Å²) in [5, 5.41) is 13.0. The summed E-state index contributed by atoms with van der Waals surface area (Å²) in [6, 6.07) is 3.78. The van der Waals surface area contributed by atoms with Crippen molar-refractivity contribution in [3.05, 3.63) is 36.4 Å². The predicted octanol–water partition coefficient (Wildman–Crippen LogP) is 1.66. The summed E-state index contributed by atoms with van der Waals surface area (Å²) in [6.45, 7) is 1.96. The largest absolute Gasteiger partial charge is 0.395 e. The summed E-state index contributed by atoms with van der Waals surface area (Å²) in [5.74, 6) is 0.553. The van der Waals surface area contributed by atoms with Gasteiger partial charge in [0.25, 0.3) is 5.91 Å². The van der Waals surface area contributed by atoms with Gasteiger partial charge in [-0.2, -0.15) is 0 Å². The molecule has 4 rings (SSSR count). The number of fused-ring (bicyclic) bond motifs is 1. The van der Waals surface area contributed by atoms with Crippen molar-refractivity contribution in [2.24, 2.45) is 0 Å². The molecule has 0 saturated carbocycles. The highest BCUT2D eigenvalue weighted by atomic mass is 16.3. The first-order valence-electron chi connectivity index (χ1n) is 8.71. The average Bonchev–Trinajstić information content (AvgIpc) is 3.37. The Morgan fingerprint density at radius 1 is 1.27 bits per heavy atom. The number of carbonyl (C=O) groups excluding carboxylic acids is 1. The van der Waals surface area contributed by atoms with Crippen molar-refractivity contribution in [3.8, 4) is 11.3 Å². The first-order valence-corrected chi connectivity index (χ1v) is 8.71. The molecule has 0 radical (unpaired) electrons.